The monoisotopic (exact) mass is 364 g/mol. The molecule has 6 nitrogen and oxygen atoms in total. The van der Waals surface area contributed by atoms with E-state index in [0.717, 1.165) is 4.88 Å². The molecule has 0 amide bonds. The summed E-state index contributed by atoms with van der Waals surface area (Å²) in [6.45, 7) is 1.83. The summed E-state index contributed by atoms with van der Waals surface area (Å²) in [5.74, 6) is 0.102. The van der Waals surface area contributed by atoms with Crippen LogP contribution in [-0.2, 0) is 10.0 Å². The Labute approximate surface area is 142 Å². The first kappa shape index (κ1) is 16.3. The van der Waals surface area contributed by atoms with Gasteiger partial charge in [0.25, 0.3) is 10.0 Å². The summed E-state index contributed by atoms with van der Waals surface area (Å²) in [6, 6.07) is 12.2. The molecule has 0 spiro atoms. The van der Waals surface area contributed by atoms with E-state index >= 15 is 0 Å². The second-order valence-corrected chi connectivity index (χ2v) is 8.11. The van der Waals surface area contributed by atoms with Gasteiger partial charge in [-0.05, 0) is 49.4 Å². The van der Waals surface area contributed by atoms with Crippen LogP contribution in [0.15, 0.2) is 52.7 Å². The lowest BCUT2D eigenvalue weighted by atomic mass is 10.3. The summed E-state index contributed by atoms with van der Waals surface area (Å²) in [5, 5.41) is 10.6. The molecule has 0 saturated heterocycles. The van der Waals surface area contributed by atoms with Crippen molar-refractivity contribution in [1.82, 2.24) is 10.2 Å². The molecule has 0 fully saturated rings. The highest BCUT2D eigenvalue weighted by atomic mass is 32.2. The SMILES string of the molecule is Cc1ccc(S(=O)(=O)Nc2ccc(Nc3cccc(F)c3)nn2)s1. The molecular weight excluding hydrogens is 351 g/mol. The lowest BCUT2D eigenvalue weighted by Gasteiger charge is -2.07. The van der Waals surface area contributed by atoms with Gasteiger partial charge in [0.15, 0.2) is 11.6 Å². The second-order valence-electron chi connectivity index (χ2n) is 4.91. The molecule has 0 radical (unpaired) electrons. The van der Waals surface area contributed by atoms with Crippen molar-refractivity contribution in [3.63, 3.8) is 0 Å². The molecule has 0 atom stereocenters. The molecule has 0 unspecified atom stereocenters. The molecule has 2 heterocycles. The zero-order valence-electron chi connectivity index (χ0n) is 12.5. The van der Waals surface area contributed by atoms with E-state index in [0.29, 0.717) is 11.5 Å². The number of sulfonamides is 1. The highest BCUT2D eigenvalue weighted by Crippen LogP contribution is 2.23. The average Bonchev–Trinajstić information content (AvgIpc) is 2.97. The number of nitrogens with one attached hydrogen (secondary N) is 2. The smallest absolute Gasteiger partial charge is 0.272 e. The fourth-order valence-corrected chi connectivity index (χ4v) is 4.19. The molecule has 0 saturated carbocycles. The number of anilines is 3. The second kappa shape index (κ2) is 6.54. The first-order valence-electron chi connectivity index (χ1n) is 6.88. The van der Waals surface area contributed by atoms with Crippen molar-refractivity contribution in [3.8, 4) is 0 Å². The molecule has 0 bridgehead atoms. The minimum atomic E-state index is -3.67. The van der Waals surface area contributed by atoms with Crippen LogP contribution in [0.5, 0.6) is 0 Å². The molecular formula is C15H13FN4O2S2. The third kappa shape index (κ3) is 3.87. The van der Waals surface area contributed by atoms with Crippen LogP contribution in [0.2, 0.25) is 0 Å². The van der Waals surface area contributed by atoms with Gasteiger partial charge in [-0.3, -0.25) is 4.72 Å². The summed E-state index contributed by atoms with van der Waals surface area (Å²) in [6.07, 6.45) is 0. The van der Waals surface area contributed by atoms with Crippen LogP contribution < -0.4 is 10.0 Å². The maximum atomic E-state index is 13.1. The average molecular weight is 364 g/mol. The number of rotatable bonds is 5. The fraction of sp³-hybridized carbons (Fsp3) is 0.0667. The largest absolute Gasteiger partial charge is 0.339 e. The molecule has 124 valence electrons. The summed E-state index contributed by atoms with van der Waals surface area (Å²) >= 11 is 1.17. The molecule has 0 aliphatic carbocycles. The zero-order valence-corrected chi connectivity index (χ0v) is 14.2. The quantitative estimate of drug-likeness (QED) is 0.723. The molecule has 3 rings (SSSR count). The van der Waals surface area contributed by atoms with Crippen LogP contribution in [-0.4, -0.2) is 18.6 Å². The Bertz CT molecular complexity index is 956. The standard InChI is InChI=1S/C15H13FN4O2S2/c1-10-5-8-15(23-10)24(21,22)20-14-7-6-13(18-19-14)17-12-4-2-3-11(16)9-12/h2-9H,1H3,(H,17,18)(H,19,20). The van der Waals surface area contributed by atoms with Gasteiger partial charge in [0, 0.05) is 10.6 Å². The number of aryl methyl sites for hydroxylation is 1. The van der Waals surface area contributed by atoms with Gasteiger partial charge in [-0.25, -0.2) is 12.8 Å². The van der Waals surface area contributed by atoms with Crippen molar-refractivity contribution < 1.29 is 12.8 Å². The van der Waals surface area contributed by atoms with Crippen molar-refractivity contribution in [2.24, 2.45) is 0 Å². The van der Waals surface area contributed by atoms with E-state index in [-0.39, 0.29) is 15.8 Å². The fourth-order valence-electron chi connectivity index (χ4n) is 1.91. The van der Waals surface area contributed by atoms with Gasteiger partial charge in [0.05, 0.1) is 0 Å². The minimum absolute atomic E-state index is 0.103. The van der Waals surface area contributed by atoms with E-state index in [4.69, 9.17) is 0 Å². The number of halogens is 1. The van der Waals surface area contributed by atoms with Crippen molar-refractivity contribution in [1.29, 1.82) is 0 Å². The van der Waals surface area contributed by atoms with Crippen LogP contribution in [0.25, 0.3) is 0 Å². The van der Waals surface area contributed by atoms with E-state index < -0.39 is 10.0 Å². The van der Waals surface area contributed by atoms with Crippen molar-refractivity contribution in [2.75, 3.05) is 10.0 Å². The Kier molecular flexibility index (Phi) is 4.45. The summed E-state index contributed by atoms with van der Waals surface area (Å²) in [4.78, 5) is 0.899. The number of nitrogens with zero attached hydrogens (tertiary/aromatic N) is 2. The van der Waals surface area contributed by atoms with E-state index in [1.165, 1.54) is 35.6 Å². The maximum Gasteiger partial charge on any atom is 0.272 e. The molecule has 3 aromatic rings. The zero-order chi connectivity index (χ0) is 17.2. The first-order valence-corrected chi connectivity index (χ1v) is 9.18. The van der Waals surface area contributed by atoms with Crippen molar-refractivity contribution in [2.45, 2.75) is 11.1 Å². The molecule has 0 aliphatic rings. The van der Waals surface area contributed by atoms with Crippen molar-refractivity contribution >= 4 is 38.7 Å². The van der Waals surface area contributed by atoms with Crippen LogP contribution in [0, 0.1) is 12.7 Å². The van der Waals surface area contributed by atoms with E-state index in [1.54, 1.807) is 24.3 Å². The molecule has 24 heavy (non-hydrogen) atoms. The maximum absolute atomic E-state index is 13.1. The summed E-state index contributed by atoms with van der Waals surface area (Å²) < 4.78 is 40.1. The van der Waals surface area contributed by atoms with Gasteiger partial charge < -0.3 is 5.32 Å². The topological polar surface area (TPSA) is 84.0 Å². The van der Waals surface area contributed by atoms with Crippen molar-refractivity contribution in [3.05, 3.63) is 59.2 Å². The van der Waals surface area contributed by atoms with Crippen LogP contribution >= 0.6 is 11.3 Å². The van der Waals surface area contributed by atoms with Crippen LogP contribution in [0.1, 0.15) is 4.88 Å². The molecule has 2 aromatic heterocycles. The van der Waals surface area contributed by atoms with Gasteiger partial charge in [0.1, 0.15) is 10.0 Å². The predicted molar refractivity (Wildman–Crippen MR) is 91.6 cm³/mol. The van der Waals surface area contributed by atoms with E-state index in [1.807, 2.05) is 6.92 Å². The Morgan fingerprint density at radius 1 is 1.04 bits per heavy atom. The van der Waals surface area contributed by atoms with E-state index in [2.05, 4.69) is 20.2 Å². The Balaban J connectivity index is 1.73. The number of thiophene rings is 1. The first-order chi connectivity index (χ1) is 11.4. The molecule has 2 N–H and O–H groups in total. The lowest BCUT2D eigenvalue weighted by Crippen LogP contribution is -2.13. The normalized spacial score (nSPS) is 11.2. The van der Waals surface area contributed by atoms with Gasteiger partial charge in [0.2, 0.25) is 0 Å². The third-order valence-electron chi connectivity index (χ3n) is 2.98. The lowest BCUT2D eigenvalue weighted by molar-refractivity contribution is 0.603. The number of benzene rings is 1. The van der Waals surface area contributed by atoms with Gasteiger partial charge >= 0.3 is 0 Å². The van der Waals surface area contributed by atoms with Gasteiger partial charge in [-0.15, -0.1) is 21.5 Å². The van der Waals surface area contributed by atoms with E-state index in [9.17, 15) is 12.8 Å². The predicted octanol–water partition coefficient (Wildman–Crippen LogP) is 3.53. The van der Waals surface area contributed by atoms with Gasteiger partial charge in [-0.1, -0.05) is 6.07 Å². The Morgan fingerprint density at radius 3 is 2.42 bits per heavy atom. The minimum Gasteiger partial charge on any atom is -0.339 e. The molecule has 0 aliphatic heterocycles. The summed E-state index contributed by atoms with van der Waals surface area (Å²) in [5.41, 5.74) is 0.520. The highest BCUT2D eigenvalue weighted by molar-refractivity contribution is 7.94. The van der Waals surface area contributed by atoms with Gasteiger partial charge in [-0.2, -0.15) is 0 Å². The number of hydrogen-bond donors (Lipinski definition) is 2. The summed E-state index contributed by atoms with van der Waals surface area (Å²) in [7, 11) is -3.67. The molecule has 1 aromatic carbocycles. The Morgan fingerprint density at radius 2 is 1.79 bits per heavy atom. The van der Waals surface area contributed by atoms with Crippen LogP contribution in [0.3, 0.4) is 0 Å². The number of hydrogen-bond acceptors (Lipinski definition) is 6. The Hall–Kier alpha value is -2.52. The third-order valence-corrected chi connectivity index (χ3v) is 5.83. The number of aromatic nitrogens is 2. The highest BCUT2D eigenvalue weighted by Gasteiger charge is 2.17. The van der Waals surface area contributed by atoms with Crippen LogP contribution in [0.4, 0.5) is 21.7 Å². The molecule has 9 heteroatoms.